The zero-order chi connectivity index (χ0) is 15.8. The lowest BCUT2D eigenvalue weighted by atomic mass is 10.1. The zero-order valence-corrected chi connectivity index (χ0v) is 12.8. The van der Waals surface area contributed by atoms with Gasteiger partial charge in [0.1, 0.15) is 5.75 Å². The lowest BCUT2D eigenvalue weighted by molar-refractivity contribution is 0.255. The molecule has 0 atom stereocenters. The number of hydrogen-bond acceptors (Lipinski definition) is 2. The largest absolute Gasteiger partial charge is 0.496 e. The molecule has 0 aliphatic carbocycles. The molecule has 0 unspecified atom stereocenters. The van der Waals surface area contributed by atoms with E-state index in [1.807, 2.05) is 48.5 Å². The summed E-state index contributed by atoms with van der Waals surface area (Å²) in [5.41, 5.74) is 2.83. The third-order valence-corrected chi connectivity index (χ3v) is 3.26. The maximum Gasteiger partial charge on any atom is 0.323 e. The van der Waals surface area contributed by atoms with Gasteiger partial charge in [-0.15, -0.1) is 0 Å². The number of methoxy groups -OCH3 is 1. The van der Waals surface area contributed by atoms with Crippen molar-refractivity contribution in [2.45, 2.75) is 13.3 Å². The fraction of sp³-hybridized carbons (Fsp3) is 0.167. The average molecular weight is 296 g/mol. The van der Waals surface area contributed by atoms with Crippen LogP contribution >= 0.6 is 0 Å². The maximum absolute atomic E-state index is 11.9. The van der Waals surface area contributed by atoms with E-state index in [0.29, 0.717) is 0 Å². The van der Waals surface area contributed by atoms with Crippen LogP contribution in [0.5, 0.6) is 5.75 Å². The van der Waals surface area contributed by atoms with Crippen molar-refractivity contribution < 1.29 is 9.53 Å². The second kappa shape index (κ2) is 7.88. The van der Waals surface area contributed by atoms with Crippen LogP contribution < -0.4 is 15.4 Å². The molecule has 0 saturated carbocycles. The predicted octanol–water partition coefficient (Wildman–Crippen LogP) is 4.05. The average Bonchev–Trinajstić information content (AvgIpc) is 2.55. The van der Waals surface area contributed by atoms with E-state index in [1.54, 1.807) is 19.4 Å². The van der Waals surface area contributed by atoms with Crippen molar-refractivity contribution >= 4 is 17.8 Å². The number of rotatable bonds is 5. The van der Waals surface area contributed by atoms with Crippen LogP contribution in [0, 0.1) is 0 Å². The summed E-state index contributed by atoms with van der Waals surface area (Å²) in [6.07, 6.45) is 4.26. The predicted molar refractivity (Wildman–Crippen MR) is 90.0 cm³/mol. The monoisotopic (exact) mass is 296 g/mol. The molecule has 0 aromatic heterocycles. The van der Waals surface area contributed by atoms with E-state index in [4.69, 9.17) is 4.74 Å². The third kappa shape index (κ3) is 4.12. The molecule has 2 amide bonds. The van der Waals surface area contributed by atoms with E-state index in [0.717, 1.165) is 29.0 Å². The normalized spacial score (nSPS) is 10.5. The molecule has 0 fully saturated rings. The maximum atomic E-state index is 11.9. The number of anilines is 1. The Morgan fingerprint density at radius 1 is 1.14 bits per heavy atom. The number of carbonyl (C=O) groups is 1. The molecule has 0 heterocycles. The molecule has 0 aliphatic rings. The van der Waals surface area contributed by atoms with Crippen molar-refractivity contribution in [3.05, 3.63) is 65.9 Å². The Kier molecular flexibility index (Phi) is 5.60. The molecule has 0 bridgehead atoms. The van der Waals surface area contributed by atoms with Crippen LogP contribution in [0.25, 0.3) is 6.08 Å². The molecule has 0 spiro atoms. The zero-order valence-electron chi connectivity index (χ0n) is 12.8. The van der Waals surface area contributed by atoms with Crippen LogP contribution in [0.4, 0.5) is 10.5 Å². The summed E-state index contributed by atoms with van der Waals surface area (Å²) in [6, 6.07) is 15.1. The summed E-state index contributed by atoms with van der Waals surface area (Å²) in [6.45, 7) is 2.06. The lowest BCUT2D eigenvalue weighted by Crippen LogP contribution is -2.24. The first-order valence-electron chi connectivity index (χ1n) is 7.19. The number of nitrogens with one attached hydrogen (secondary N) is 2. The molecule has 2 rings (SSSR count). The summed E-state index contributed by atoms with van der Waals surface area (Å²) in [5.74, 6) is 0.761. The van der Waals surface area contributed by atoms with E-state index in [1.165, 1.54) is 0 Å². The minimum absolute atomic E-state index is 0.271. The van der Waals surface area contributed by atoms with E-state index in [9.17, 15) is 4.79 Å². The minimum atomic E-state index is -0.271. The highest BCUT2D eigenvalue weighted by molar-refractivity contribution is 5.91. The van der Waals surface area contributed by atoms with Gasteiger partial charge in [0.2, 0.25) is 0 Å². The standard InChI is InChI=1S/C18H20N2O2/c1-3-14-8-4-6-10-16(14)20-18(21)19-13-12-15-9-5-7-11-17(15)22-2/h4-13H,3H2,1-2H3,(H2,19,20,21)/b13-12+. The number of para-hydroxylation sites is 2. The van der Waals surface area contributed by atoms with E-state index in [2.05, 4.69) is 17.6 Å². The second-order valence-corrected chi connectivity index (χ2v) is 4.68. The van der Waals surface area contributed by atoms with E-state index < -0.39 is 0 Å². The molecule has 2 aromatic carbocycles. The van der Waals surface area contributed by atoms with Crippen molar-refractivity contribution in [2.75, 3.05) is 12.4 Å². The SMILES string of the molecule is CCc1ccccc1NC(=O)N/C=C/c1ccccc1OC. The molecule has 2 N–H and O–H groups in total. The van der Waals surface area contributed by atoms with Gasteiger partial charge in [0.25, 0.3) is 0 Å². The number of carbonyl (C=O) groups excluding carboxylic acids is 1. The second-order valence-electron chi connectivity index (χ2n) is 4.68. The Morgan fingerprint density at radius 2 is 1.86 bits per heavy atom. The number of aryl methyl sites for hydroxylation is 1. The Bertz CT molecular complexity index is 666. The Hall–Kier alpha value is -2.75. The first-order valence-corrected chi connectivity index (χ1v) is 7.19. The van der Waals surface area contributed by atoms with Crippen molar-refractivity contribution in [1.29, 1.82) is 0 Å². The first-order chi connectivity index (χ1) is 10.7. The highest BCUT2D eigenvalue weighted by Gasteiger charge is 2.03. The van der Waals surface area contributed by atoms with Gasteiger partial charge >= 0.3 is 6.03 Å². The highest BCUT2D eigenvalue weighted by Crippen LogP contribution is 2.18. The molecule has 4 heteroatoms. The van der Waals surface area contributed by atoms with Gasteiger partial charge in [0, 0.05) is 17.5 Å². The molecule has 0 radical (unpaired) electrons. The van der Waals surface area contributed by atoms with Gasteiger partial charge in [0.15, 0.2) is 0 Å². The van der Waals surface area contributed by atoms with Gasteiger partial charge in [-0.25, -0.2) is 4.79 Å². The number of benzene rings is 2. The van der Waals surface area contributed by atoms with Crippen LogP contribution in [0.1, 0.15) is 18.1 Å². The molecule has 2 aromatic rings. The van der Waals surface area contributed by atoms with Gasteiger partial charge in [-0.05, 0) is 30.2 Å². The molecule has 0 saturated heterocycles. The fourth-order valence-corrected chi connectivity index (χ4v) is 2.12. The summed E-state index contributed by atoms with van der Waals surface area (Å²) >= 11 is 0. The highest BCUT2D eigenvalue weighted by atomic mass is 16.5. The van der Waals surface area contributed by atoms with Gasteiger partial charge in [-0.3, -0.25) is 0 Å². The molecule has 4 nitrogen and oxygen atoms in total. The quantitative estimate of drug-likeness (QED) is 0.874. The van der Waals surface area contributed by atoms with Crippen LogP contribution in [-0.4, -0.2) is 13.1 Å². The third-order valence-electron chi connectivity index (χ3n) is 3.26. The number of ether oxygens (including phenoxy) is 1. The molecule has 22 heavy (non-hydrogen) atoms. The van der Waals surface area contributed by atoms with Gasteiger partial charge in [0.05, 0.1) is 7.11 Å². The minimum Gasteiger partial charge on any atom is -0.496 e. The topological polar surface area (TPSA) is 50.4 Å². The number of hydrogen-bond donors (Lipinski definition) is 2. The van der Waals surface area contributed by atoms with Crippen LogP contribution in [-0.2, 0) is 6.42 Å². The van der Waals surface area contributed by atoms with Gasteiger partial charge < -0.3 is 15.4 Å². The van der Waals surface area contributed by atoms with Crippen molar-refractivity contribution in [2.24, 2.45) is 0 Å². The van der Waals surface area contributed by atoms with Gasteiger partial charge in [-0.2, -0.15) is 0 Å². The van der Waals surface area contributed by atoms with Crippen LogP contribution in [0.2, 0.25) is 0 Å². The van der Waals surface area contributed by atoms with E-state index in [-0.39, 0.29) is 6.03 Å². The van der Waals surface area contributed by atoms with Crippen molar-refractivity contribution in [3.8, 4) is 5.75 Å². The Labute approximate surface area is 130 Å². The molecule has 0 aliphatic heterocycles. The smallest absolute Gasteiger partial charge is 0.323 e. The van der Waals surface area contributed by atoms with Crippen molar-refractivity contribution in [3.63, 3.8) is 0 Å². The Balaban J connectivity index is 1.96. The van der Waals surface area contributed by atoms with Crippen molar-refractivity contribution in [1.82, 2.24) is 5.32 Å². The summed E-state index contributed by atoms with van der Waals surface area (Å²) in [4.78, 5) is 11.9. The van der Waals surface area contributed by atoms with Crippen LogP contribution in [0.15, 0.2) is 54.7 Å². The summed E-state index contributed by atoms with van der Waals surface area (Å²) < 4.78 is 5.25. The van der Waals surface area contributed by atoms with Crippen LogP contribution in [0.3, 0.4) is 0 Å². The molecular formula is C18H20N2O2. The van der Waals surface area contributed by atoms with E-state index >= 15 is 0 Å². The van der Waals surface area contributed by atoms with Gasteiger partial charge in [-0.1, -0.05) is 43.3 Å². The Morgan fingerprint density at radius 3 is 2.64 bits per heavy atom. The summed E-state index contributed by atoms with van der Waals surface area (Å²) in [5, 5.41) is 5.54. The lowest BCUT2D eigenvalue weighted by Gasteiger charge is -2.09. The number of amides is 2. The first kappa shape index (κ1) is 15.6. The molecule has 114 valence electrons. The summed E-state index contributed by atoms with van der Waals surface area (Å²) in [7, 11) is 1.62. The molecular weight excluding hydrogens is 276 g/mol. The fourth-order valence-electron chi connectivity index (χ4n) is 2.12. The number of urea groups is 1.